The molecule has 2 atom stereocenters. The predicted octanol–water partition coefficient (Wildman–Crippen LogP) is 3.07. The third-order valence-corrected chi connectivity index (χ3v) is 3.97. The second kappa shape index (κ2) is 5.19. The zero-order chi connectivity index (χ0) is 13.2. The first-order chi connectivity index (χ1) is 9.29. The summed E-state index contributed by atoms with van der Waals surface area (Å²) in [6, 6.07) is 12.8. The number of nitrogens with two attached hydrogens (primary N) is 1. The molecule has 2 unspecified atom stereocenters. The van der Waals surface area contributed by atoms with Crippen LogP contribution in [0.1, 0.15) is 36.3 Å². The van der Waals surface area contributed by atoms with Gasteiger partial charge < -0.3 is 10.2 Å². The minimum absolute atomic E-state index is 0.0977. The maximum atomic E-state index is 6.32. The lowest BCUT2D eigenvalue weighted by atomic mass is 10.0. The zero-order valence-electron chi connectivity index (χ0n) is 11.3. The highest BCUT2D eigenvalue weighted by atomic mass is 16.3. The predicted molar refractivity (Wildman–Crippen MR) is 75.4 cm³/mol. The molecule has 0 saturated heterocycles. The van der Waals surface area contributed by atoms with Crippen molar-refractivity contribution in [3.05, 3.63) is 59.5 Å². The van der Waals surface area contributed by atoms with Crippen LogP contribution in [0.5, 0.6) is 0 Å². The van der Waals surface area contributed by atoms with Gasteiger partial charge in [0.05, 0.1) is 12.3 Å². The van der Waals surface area contributed by atoms with E-state index in [1.807, 2.05) is 12.1 Å². The maximum absolute atomic E-state index is 6.32. The van der Waals surface area contributed by atoms with Crippen molar-refractivity contribution in [3.8, 4) is 0 Å². The first-order valence-corrected chi connectivity index (χ1v) is 6.89. The standard InChI is InChI=1S/C16H20N2O/c1-2-14(17)16(15-8-5-9-19-15)18-10-12-6-3-4-7-13(12)11-18/h3-9,14,16H,2,10-11,17H2,1H3. The first-order valence-electron chi connectivity index (χ1n) is 6.89. The number of furan rings is 1. The van der Waals surface area contributed by atoms with Crippen molar-refractivity contribution in [3.63, 3.8) is 0 Å². The van der Waals surface area contributed by atoms with Crippen molar-refractivity contribution in [2.75, 3.05) is 0 Å². The summed E-state index contributed by atoms with van der Waals surface area (Å²) in [5, 5.41) is 0. The second-order valence-electron chi connectivity index (χ2n) is 5.21. The lowest BCUT2D eigenvalue weighted by molar-refractivity contribution is 0.148. The largest absolute Gasteiger partial charge is 0.468 e. The van der Waals surface area contributed by atoms with Gasteiger partial charge in [-0.15, -0.1) is 0 Å². The Kier molecular flexibility index (Phi) is 3.40. The van der Waals surface area contributed by atoms with Gasteiger partial charge in [0.25, 0.3) is 0 Å². The molecule has 0 bridgehead atoms. The number of hydrogen-bond donors (Lipinski definition) is 1. The SMILES string of the molecule is CCC(N)C(c1ccco1)N1Cc2ccccc2C1. The average Bonchev–Trinajstić information content (AvgIpc) is 3.07. The lowest BCUT2D eigenvalue weighted by Crippen LogP contribution is -2.38. The summed E-state index contributed by atoms with van der Waals surface area (Å²) < 4.78 is 5.61. The summed E-state index contributed by atoms with van der Waals surface area (Å²) in [5.74, 6) is 0.974. The van der Waals surface area contributed by atoms with Crippen molar-refractivity contribution >= 4 is 0 Å². The molecular formula is C16H20N2O. The molecule has 100 valence electrons. The fraction of sp³-hybridized carbons (Fsp3) is 0.375. The second-order valence-corrected chi connectivity index (χ2v) is 5.21. The molecule has 1 aliphatic rings. The van der Waals surface area contributed by atoms with Crippen molar-refractivity contribution in [1.82, 2.24) is 4.90 Å². The fourth-order valence-corrected chi connectivity index (χ4v) is 2.90. The summed E-state index contributed by atoms with van der Waals surface area (Å²) in [7, 11) is 0. The third kappa shape index (κ3) is 2.31. The summed E-state index contributed by atoms with van der Waals surface area (Å²) in [6.45, 7) is 4.04. The maximum Gasteiger partial charge on any atom is 0.122 e. The summed E-state index contributed by atoms with van der Waals surface area (Å²) in [6.07, 6.45) is 2.67. The molecule has 0 amide bonds. The molecular weight excluding hydrogens is 236 g/mol. The van der Waals surface area contributed by atoms with Gasteiger partial charge >= 0.3 is 0 Å². The minimum Gasteiger partial charge on any atom is -0.468 e. The quantitative estimate of drug-likeness (QED) is 0.914. The normalized spacial score (nSPS) is 18.2. The van der Waals surface area contributed by atoms with Crippen LogP contribution in [0.15, 0.2) is 47.1 Å². The summed E-state index contributed by atoms with van der Waals surface area (Å²) >= 11 is 0. The molecule has 1 aliphatic heterocycles. The Bertz CT molecular complexity index is 510. The highest BCUT2D eigenvalue weighted by Crippen LogP contribution is 2.33. The van der Waals surface area contributed by atoms with Gasteiger partial charge in [0.1, 0.15) is 5.76 Å². The molecule has 2 heterocycles. The van der Waals surface area contributed by atoms with Gasteiger partial charge in [-0.1, -0.05) is 31.2 Å². The molecule has 0 saturated carbocycles. The van der Waals surface area contributed by atoms with Crippen molar-refractivity contribution in [2.45, 2.75) is 38.5 Å². The molecule has 0 aliphatic carbocycles. The average molecular weight is 256 g/mol. The van der Waals surface area contributed by atoms with E-state index in [1.165, 1.54) is 11.1 Å². The highest BCUT2D eigenvalue weighted by molar-refractivity contribution is 5.31. The number of benzene rings is 1. The van der Waals surface area contributed by atoms with Crippen LogP contribution in [0.2, 0.25) is 0 Å². The number of nitrogens with zero attached hydrogens (tertiary/aromatic N) is 1. The number of fused-ring (bicyclic) bond motifs is 1. The Balaban J connectivity index is 1.87. The Morgan fingerprint density at radius 3 is 2.37 bits per heavy atom. The van der Waals surface area contributed by atoms with E-state index in [1.54, 1.807) is 6.26 Å². The Labute approximate surface area is 114 Å². The smallest absolute Gasteiger partial charge is 0.122 e. The van der Waals surface area contributed by atoms with Crippen LogP contribution in [0.4, 0.5) is 0 Å². The topological polar surface area (TPSA) is 42.4 Å². The van der Waals surface area contributed by atoms with E-state index in [9.17, 15) is 0 Å². The number of hydrogen-bond acceptors (Lipinski definition) is 3. The molecule has 3 nitrogen and oxygen atoms in total. The molecule has 2 N–H and O–H groups in total. The minimum atomic E-state index is 0.0977. The van der Waals surface area contributed by atoms with Crippen molar-refractivity contribution in [1.29, 1.82) is 0 Å². The molecule has 1 aromatic heterocycles. The molecule has 3 rings (SSSR count). The lowest BCUT2D eigenvalue weighted by Gasteiger charge is -2.30. The molecule has 3 heteroatoms. The molecule has 1 aromatic carbocycles. The van der Waals surface area contributed by atoms with Crippen molar-refractivity contribution < 1.29 is 4.42 Å². The van der Waals surface area contributed by atoms with Gasteiger partial charge in [-0.25, -0.2) is 0 Å². The Hall–Kier alpha value is -1.58. The van der Waals surface area contributed by atoms with Crippen LogP contribution in [0.25, 0.3) is 0 Å². The van der Waals surface area contributed by atoms with E-state index in [-0.39, 0.29) is 12.1 Å². The summed E-state index contributed by atoms with van der Waals surface area (Å²) in [4.78, 5) is 2.41. The van der Waals surface area contributed by atoms with Crippen LogP contribution >= 0.6 is 0 Å². The highest BCUT2D eigenvalue weighted by Gasteiger charge is 2.31. The van der Waals surface area contributed by atoms with Gasteiger partial charge in [0.2, 0.25) is 0 Å². The molecule has 0 fully saturated rings. The van der Waals surface area contributed by atoms with Gasteiger partial charge in [0.15, 0.2) is 0 Å². The van der Waals surface area contributed by atoms with E-state index in [4.69, 9.17) is 10.2 Å². The molecule has 19 heavy (non-hydrogen) atoms. The molecule has 0 spiro atoms. The summed E-state index contributed by atoms with van der Waals surface area (Å²) in [5.41, 5.74) is 9.13. The van der Waals surface area contributed by atoms with Gasteiger partial charge in [0, 0.05) is 19.1 Å². The van der Waals surface area contributed by atoms with Crippen LogP contribution in [0, 0.1) is 0 Å². The van der Waals surface area contributed by atoms with Gasteiger partial charge in [-0.05, 0) is 29.7 Å². The van der Waals surface area contributed by atoms with Gasteiger partial charge in [-0.2, -0.15) is 0 Å². The van der Waals surface area contributed by atoms with Gasteiger partial charge in [-0.3, -0.25) is 4.90 Å². The van der Waals surface area contributed by atoms with E-state index in [2.05, 4.69) is 36.1 Å². The van der Waals surface area contributed by atoms with E-state index < -0.39 is 0 Å². The Morgan fingerprint density at radius 1 is 1.16 bits per heavy atom. The zero-order valence-corrected chi connectivity index (χ0v) is 11.3. The molecule has 0 radical (unpaired) electrons. The first kappa shape index (κ1) is 12.5. The van der Waals surface area contributed by atoms with Crippen LogP contribution in [-0.4, -0.2) is 10.9 Å². The fourth-order valence-electron chi connectivity index (χ4n) is 2.90. The van der Waals surface area contributed by atoms with E-state index in [0.717, 1.165) is 25.3 Å². The molecule has 2 aromatic rings. The monoisotopic (exact) mass is 256 g/mol. The van der Waals surface area contributed by atoms with E-state index in [0.29, 0.717) is 0 Å². The van der Waals surface area contributed by atoms with Crippen LogP contribution in [-0.2, 0) is 13.1 Å². The van der Waals surface area contributed by atoms with Crippen molar-refractivity contribution in [2.24, 2.45) is 5.73 Å². The third-order valence-electron chi connectivity index (χ3n) is 3.97. The van der Waals surface area contributed by atoms with Crippen LogP contribution in [0.3, 0.4) is 0 Å². The number of rotatable bonds is 4. The van der Waals surface area contributed by atoms with Crippen LogP contribution < -0.4 is 5.73 Å². The Morgan fingerprint density at radius 2 is 1.84 bits per heavy atom. The van der Waals surface area contributed by atoms with E-state index >= 15 is 0 Å².